The van der Waals surface area contributed by atoms with Gasteiger partial charge in [0.25, 0.3) is 10.0 Å². The van der Waals surface area contributed by atoms with Crippen molar-refractivity contribution in [2.45, 2.75) is 17.1 Å². The van der Waals surface area contributed by atoms with E-state index in [1.165, 1.54) is 28.6 Å². The van der Waals surface area contributed by atoms with Gasteiger partial charge in [-0.1, -0.05) is 12.1 Å². The summed E-state index contributed by atoms with van der Waals surface area (Å²) in [4.78, 5) is 35.8. The first-order valence-corrected chi connectivity index (χ1v) is 12.3. The molecule has 0 aliphatic carbocycles. The SMILES string of the molecule is NC(=O)c1ccc(NC(=O)C(=O)Nc2ccc3c(c2)N(S(=O)(=O)c2cccs2)CCC3)cc1. The highest BCUT2D eigenvalue weighted by Gasteiger charge is 2.30. The van der Waals surface area contributed by atoms with Crippen LogP contribution in [0.25, 0.3) is 0 Å². The van der Waals surface area contributed by atoms with Gasteiger partial charge < -0.3 is 16.4 Å². The third-order valence-corrected chi connectivity index (χ3v) is 8.28. The minimum absolute atomic E-state index is 0.242. The second kappa shape index (κ2) is 9.04. The number of nitrogens with one attached hydrogen (secondary N) is 2. The van der Waals surface area contributed by atoms with Crippen LogP contribution in [0.3, 0.4) is 0 Å². The standard InChI is InChI=1S/C22H20N4O5S2/c23-20(27)15-6-8-16(9-7-15)24-21(28)22(29)25-17-10-5-14-3-1-11-26(18(14)13-17)33(30,31)19-4-2-12-32-19/h2,4-10,12-13H,1,3,11H2,(H2,23,27)(H,24,28)(H,25,29). The quantitative estimate of drug-likeness (QED) is 0.478. The minimum Gasteiger partial charge on any atom is -0.366 e. The van der Waals surface area contributed by atoms with Gasteiger partial charge in [0.05, 0.1) is 5.69 Å². The van der Waals surface area contributed by atoms with Crippen molar-refractivity contribution in [2.75, 3.05) is 21.5 Å². The number of hydrogen-bond acceptors (Lipinski definition) is 6. The van der Waals surface area contributed by atoms with Crippen molar-refractivity contribution in [3.8, 4) is 0 Å². The number of thiophene rings is 1. The van der Waals surface area contributed by atoms with Crippen LogP contribution in [0.1, 0.15) is 22.3 Å². The molecule has 2 heterocycles. The van der Waals surface area contributed by atoms with Crippen molar-refractivity contribution in [2.24, 2.45) is 5.73 Å². The Kier molecular flexibility index (Phi) is 6.16. The Hall–Kier alpha value is -3.70. The minimum atomic E-state index is -3.72. The van der Waals surface area contributed by atoms with Crippen molar-refractivity contribution in [3.63, 3.8) is 0 Å². The van der Waals surface area contributed by atoms with E-state index in [0.29, 0.717) is 36.4 Å². The molecule has 1 aliphatic heterocycles. The molecule has 0 unspecified atom stereocenters. The maximum atomic E-state index is 13.1. The van der Waals surface area contributed by atoms with Gasteiger partial charge in [-0.15, -0.1) is 11.3 Å². The lowest BCUT2D eigenvalue weighted by molar-refractivity contribution is -0.132. The van der Waals surface area contributed by atoms with Crippen LogP contribution in [-0.2, 0) is 26.0 Å². The van der Waals surface area contributed by atoms with Gasteiger partial charge in [-0.25, -0.2) is 8.42 Å². The van der Waals surface area contributed by atoms with Gasteiger partial charge in [0, 0.05) is 23.5 Å². The number of amides is 3. The highest BCUT2D eigenvalue weighted by Crippen LogP contribution is 2.35. The first kappa shape index (κ1) is 22.5. The molecule has 3 amide bonds. The van der Waals surface area contributed by atoms with Crippen molar-refractivity contribution in [1.29, 1.82) is 0 Å². The number of nitrogens with two attached hydrogens (primary N) is 1. The molecule has 0 fully saturated rings. The highest BCUT2D eigenvalue weighted by molar-refractivity contribution is 7.94. The summed E-state index contributed by atoms with van der Waals surface area (Å²) >= 11 is 1.14. The number of carbonyl (C=O) groups is 3. The molecule has 9 nitrogen and oxygen atoms in total. The normalized spacial score (nSPS) is 13.2. The van der Waals surface area contributed by atoms with Gasteiger partial charge >= 0.3 is 11.8 Å². The maximum Gasteiger partial charge on any atom is 0.314 e. The van der Waals surface area contributed by atoms with Gasteiger partial charge in [0.15, 0.2) is 0 Å². The van der Waals surface area contributed by atoms with E-state index in [1.54, 1.807) is 35.7 Å². The molecule has 0 bridgehead atoms. The number of benzene rings is 2. The van der Waals surface area contributed by atoms with Crippen LogP contribution in [0.2, 0.25) is 0 Å². The van der Waals surface area contributed by atoms with Crippen molar-refractivity contribution < 1.29 is 22.8 Å². The molecule has 1 aromatic heterocycles. The molecule has 11 heteroatoms. The number of fused-ring (bicyclic) bond motifs is 1. The molecule has 4 rings (SSSR count). The third-order valence-electron chi connectivity index (χ3n) is 5.09. The average molecular weight is 485 g/mol. The molecule has 1 aliphatic rings. The summed E-state index contributed by atoms with van der Waals surface area (Å²) in [5.74, 6) is -2.44. The first-order valence-electron chi connectivity index (χ1n) is 9.97. The van der Waals surface area contributed by atoms with E-state index >= 15 is 0 Å². The topological polar surface area (TPSA) is 139 Å². The number of anilines is 3. The Bertz CT molecular complexity index is 1320. The largest absolute Gasteiger partial charge is 0.366 e. The Morgan fingerprint density at radius 2 is 1.61 bits per heavy atom. The second-order valence-electron chi connectivity index (χ2n) is 7.31. The number of sulfonamides is 1. The summed E-state index contributed by atoms with van der Waals surface area (Å²) in [5.41, 5.74) is 7.40. The Labute approximate surface area is 194 Å². The molecule has 170 valence electrons. The lowest BCUT2D eigenvalue weighted by atomic mass is 10.0. The van der Waals surface area contributed by atoms with Crippen LogP contribution < -0.4 is 20.7 Å². The van der Waals surface area contributed by atoms with Crippen molar-refractivity contribution in [3.05, 3.63) is 71.1 Å². The van der Waals surface area contributed by atoms with Gasteiger partial charge in [-0.3, -0.25) is 18.7 Å². The fourth-order valence-electron chi connectivity index (χ4n) is 3.48. The Morgan fingerprint density at radius 1 is 0.939 bits per heavy atom. The average Bonchev–Trinajstić information content (AvgIpc) is 3.35. The number of carbonyl (C=O) groups excluding carboxylic acids is 3. The van der Waals surface area contributed by atoms with Gasteiger partial charge in [0.2, 0.25) is 5.91 Å². The zero-order valence-electron chi connectivity index (χ0n) is 17.3. The van der Waals surface area contributed by atoms with Crippen LogP contribution in [0, 0.1) is 0 Å². The van der Waals surface area contributed by atoms with Crippen molar-refractivity contribution in [1.82, 2.24) is 0 Å². The number of hydrogen-bond donors (Lipinski definition) is 3. The Morgan fingerprint density at radius 3 is 2.24 bits per heavy atom. The van der Waals surface area contributed by atoms with E-state index in [2.05, 4.69) is 10.6 Å². The number of aryl methyl sites for hydroxylation is 1. The van der Waals surface area contributed by atoms with Crippen LogP contribution in [-0.4, -0.2) is 32.7 Å². The smallest absolute Gasteiger partial charge is 0.314 e. The zero-order chi connectivity index (χ0) is 23.6. The van der Waals surface area contributed by atoms with E-state index in [1.807, 2.05) is 0 Å². The molecule has 0 saturated carbocycles. The summed E-state index contributed by atoms with van der Waals surface area (Å²) < 4.78 is 27.7. The Balaban J connectivity index is 1.50. The molecule has 0 radical (unpaired) electrons. The highest BCUT2D eigenvalue weighted by atomic mass is 32.2. The van der Waals surface area contributed by atoms with E-state index in [-0.39, 0.29) is 9.77 Å². The number of primary amides is 1. The molecular formula is C22H20N4O5S2. The number of nitrogens with zero attached hydrogens (tertiary/aromatic N) is 1. The molecule has 2 aromatic carbocycles. The van der Waals surface area contributed by atoms with Crippen molar-refractivity contribution >= 4 is 56.1 Å². The van der Waals surface area contributed by atoms with Crippen LogP contribution in [0.4, 0.5) is 17.1 Å². The van der Waals surface area contributed by atoms with Gasteiger partial charge in [-0.05, 0) is 66.2 Å². The second-order valence-corrected chi connectivity index (χ2v) is 10.3. The third kappa shape index (κ3) is 4.73. The molecule has 0 spiro atoms. The van der Waals surface area contributed by atoms with Gasteiger partial charge in [-0.2, -0.15) is 0 Å². The summed E-state index contributed by atoms with van der Waals surface area (Å²) in [6.45, 7) is 0.326. The first-order chi connectivity index (χ1) is 15.8. The van der Waals surface area contributed by atoms with E-state index in [4.69, 9.17) is 5.73 Å². The maximum absolute atomic E-state index is 13.1. The van der Waals surface area contributed by atoms with Crippen LogP contribution >= 0.6 is 11.3 Å². The molecule has 33 heavy (non-hydrogen) atoms. The van der Waals surface area contributed by atoms with Gasteiger partial charge in [0.1, 0.15) is 4.21 Å². The summed E-state index contributed by atoms with van der Waals surface area (Å²) in [7, 11) is -3.72. The molecule has 0 atom stereocenters. The molecule has 3 aromatic rings. The van der Waals surface area contributed by atoms with E-state index < -0.39 is 27.7 Å². The molecule has 0 saturated heterocycles. The molecular weight excluding hydrogens is 464 g/mol. The predicted octanol–water partition coefficient (Wildman–Crippen LogP) is 2.57. The molecule has 4 N–H and O–H groups in total. The lowest BCUT2D eigenvalue weighted by Crippen LogP contribution is -2.35. The fraction of sp³-hybridized carbons (Fsp3) is 0.136. The predicted molar refractivity (Wildman–Crippen MR) is 126 cm³/mol. The summed E-state index contributed by atoms with van der Waals surface area (Å²) in [5, 5.41) is 6.64. The van der Waals surface area contributed by atoms with Crippen LogP contribution in [0.15, 0.2) is 64.2 Å². The number of rotatable bonds is 5. The zero-order valence-corrected chi connectivity index (χ0v) is 18.9. The summed E-state index contributed by atoms with van der Waals surface area (Å²) in [6, 6.07) is 14.0. The summed E-state index contributed by atoms with van der Waals surface area (Å²) in [6.07, 6.45) is 1.39. The lowest BCUT2D eigenvalue weighted by Gasteiger charge is -2.30. The van der Waals surface area contributed by atoms with E-state index in [0.717, 1.165) is 16.9 Å². The monoisotopic (exact) mass is 484 g/mol. The van der Waals surface area contributed by atoms with Crippen LogP contribution in [0.5, 0.6) is 0 Å². The fourth-order valence-corrected chi connectivity index (χ4v) is 6.12. The van der Waals surface area contributed by atoms with E-state index in [9.17, 15) is 22.8 Å².